The summed E-state index contributed by atoms with van der Waals surface area (Å²) in [6, 6.07) is 17.6. The summed E-state index contributed by atoms with van der Waals surface area (Å²) in [5.41, 5.74) is 2.43. The Morgan fingerprint density at radius 3 is 2.54 bits per heavy atom. The van der Waals surface area contributed by atoms with Crippen LogP contribution in [0.3, 0.4) is 0 Å². The SMILES string of the molecule is CCOc1cc(/C=C2/SC(=O)N(Cc3ccccc3C#N)C2=O)c(Br)cc1OCc1ccc(Cl)cc1Cl. The van der Waals surface area contributed by atoms with Gasteiger partial charge in [-0.25, -0.2) is 0 Å². The summed E-state index contributed by atoms with van der Waals surface area (Å²) in [5, 5.41) is 9.96. The lowest BCUT2D eigenvalue weighted by atomic mass is 10.1. The number of benzene rings is 3. The number of halogens is 3. The molecule has 1 aliphatic heterocycles. The normalized spacial score (nSPS) is 14.2. The van der Waals surface area contributed by atoms with Gasteiger partial charge in [-0.1, -0.05) is 63.4 Å². The fourth-order valence-corrected chi connectivity index (χ4v) is 5.28. The van der Waals surface area contributed by atoms with Crippen LogP contribution >= 0.6 is 50.9 Å². The van der Waals surface area contributed by atoms with Crippen LogP contribution in [0.5, 0.6) is 11.5 Å². The molecule has 6 nitrogen and oxygen atoms in total. The highest BCUT2D eigenvalue weighted by Crippen LogP contribution is 2.39. The van der Waals surface area contributed by atoms with Gasteiger partial charge in [0.15, 0.2) is 11.5 Å². The number of hydrogen-bond acceptors (Lipinski definition) is 6. The van der Waals surface area contributed by atoms with Crippen molar-refractivity contribution in [1.82, 2.24) is 4.90 Å². The summed E-state index contributed by atoms with van der Waals surface area (Å²) >= 11 is 16.6. The van der Waals surface area contributed by atoms with Crippen molar-refractivity contribution in [3.05, 3.63) is 96.3 Å². The van der Waals surface area contributed by atoms with Crippen molar-refractivity contribution in [2.75, 3.05) is 6.61 Å². The monoisotopic (exact) mass is 616 g/mol. The number of ether oxygens (including phenoxy) is 2. The van der Waals surface area contributed by atoms with Crippen LogP contribution in [0.1, 0.15) is 29.2 Å². The van der Waals surface area contributed by atoms with Crippen molar-refractivity contribution in [2.24, 2.45) is 0 Å². The Morgan fingerprint density at radius 2 is 1.81 bits per heavy atom. The predicted octanol–water partition coefficient (Wildman–Crippen LogP) is 7.84. The predicted molar refractivity (Wildman–Crippen MR) is 149 cm³/mol. The Labute approximate surface area is 236 Å². The molecule has 3 aromatic carbocycles. The van der Waals surface area contributed by atoms with Crippen molar-refractivity contribution in [2.45, 2.75) is 20.1 Å². The highest BCUT2D eigenvalue weighted by molar-refractivity contribution is 9.10. The maximum atomic E-state index is 13.1. The first-order valence-corrected chi connectivity index (χ1v) is 13.4. The van der Waals surface area contributed by atoms with Crippen LogP contribution in [0, 0.1) is 11.3 Å². The third-order valence-electron chi connectivity index (χ3n) is 5.39. The molecule has 3 aromatic rings. The van der Waals surface area contributed by atoms with E-state index in [9.17, 15) is 14.9 Å². The van der Waals surface area contributed by atoms with Gasteiger partial charge < -0.3 is 9.47 Å². The summed E-state index contributed by atoms with van der Waals surface area (Å²) < 4.78 is 12.4. The van der Waals surface area contributed by atoms with Crippen molar-refractivity contribution in [3.63, 3.8) is 0 Å². The van der Waals surface area contributed by atoms with Gasteiger partial charge >= 0.3 is 0 Å². The highest BCUT2D eigenvalue weighted by atomic mass is 79.9. The highest BCUT2D eigenvalue weighted by Gasteiger charge is 2.35. The van der Waals surface area contributed by atoms with Crippen LogP contribution in [-0.2, 0) is 17.9 Å². The second-order valence-corrected chi connectivity index (χ2v) is 10.5. The van der Waals surface area contributed by atoms with E-state index >= 15 is 0 Å². The minimum Gasteiger partial charge on any atom is -0.490 e. The average Bonchev–Trinajstić information content (AvgIpc) is 3.13. The number of carbonyl (C=O) groups is 2. The van der Waals surface area contributed by atoms with Crippen LogP contribution in [0.25, 0.3) is 6.08 Å². The smallest absolute Gasteiger partial charge is 0.293 e. The molecule has 0 atom stereocenters. The van der Waals surface area contributed by atoms with E-state index < -0.39 is 11.1 Å². The van der Waals surface area contributed by atoms with Crippen LogP contribution in [0.2, 0.25) is 10.0 Å². The zero-order chi connectivity index (χ0) is 26.5. The van der Waals surface area contributed by atoms with Crippen molar-refractivity contribution >= 4 is 68.1 Å². The molecule has 1 fully saturated rings. The zero-order valence-corrected chi connectivity index (χ0v) is 23.4. The second kappa shape index (κ2) is 12.1. The molecule has 2 amide bonds. The lowest BCUT2D eigenvalue weighted by Gasteiger charge is -2.15. The van der Waals surface area contributed by atoms with Gasteiger partial charge in [-0.3, -0.25) is 14.5 Å². The quantitative estimate of drug-likeness (QED) is 0.240. The number of imide groups is 1. The van der Waals surface area contributed by atoms with E-state index in [2.05, 4.69) is 22.0 Å². The second-order valence-electron chi connectivity index (χ2n) is 7.81. The Kier molecular flexibility index (Phi) is 8.83. The number of nitriles is 1. The van der Waals surface area contributed by atoms with Gasteiger partial charge in [-0.2, -0.15) is 5.26 Å². The number of rotatable bonds is 8. The molecule has 0 bridgehead atoms. The Bertz CT molecular complexity index is 1450. The van der Waals surface area contributed by atoms with Crippen molar-refractivity contribution < 1.29 is 19.1 Å². The molecule has 4 rings (SSSR count). The fraction of sp³-hybridized carbons (Fsp3) is 0.148. The van der Waals surface area contributed by atoms with E-state index in [4.69, 9.17) is 32.7 Å². The standard InChI is InChI=1S/C27H19BrCl2N2O4S/c1-2-35-23-9-19(21(28)12-24(23)36-15-18-7-8-20(29)11-22(18)30)10-25-26(33)32(27(34)37-25)14-17-6-4-3-5-16(17)13-31/h3-12H,2,14-15H2,1H3/b25-10+. The van der Waals surface area contributed by atoms with Gasteiger partial charge in [-0.05, 0) is 66.2 Å². The molecule has 0 radical (unpaired) electrons. The molecular formula is C27H19BrCl2N2O4S. The molecule has 0 saturated carbocycles. The topological polar surface area (TPSA) is 79.6 Å². The lowest BCUT2D eigenvalue weighted by molar-refractivity contribution is -0.123. The van der Waals surface area contributed by atoms with Gasteiger partial charge in [0.05, 0.1) is 29.7 Å². The molecule has 37 heavy (non-hydrogen) atoms. The third-order valence-corrected chi connectivity index (χ3v) is 7.57. The number of thioether (sulfide) groups is 1. The van der Waals surface area contributed by atoms with Crippen molar-refractivity contribution in [1.29, 1.82) is 5.26 Å². The zero-order valence-electron chi connectivity index (χ0n) is 19.5. The molecule has 188 valence electrons. The Hall–Kier alpha value is -2.96. The summed E-state index contributed by atoms with van der Waals surface area (Å²) in [6.07, 6.45) is 1.63. The number of carbonyl (C=O) groups excluding carboxylic acids is 2. The molecule has 10 heteroatoms. The summed E-state index contributed by atoms with van der Waals surface area (Å²) in [5.74, 6) is 0.535. The van der Waals surface area contributed by atoms with E-state index in [1.54, 1.807) is 60.7 Å². The largest absolute Gasteiger partial charge is 0.490 e. The minimum atomic E-state index is -0.426. The Balaban J connectivity index is 1.57. The van der Waals surface area contributed by atoms with Gasteiger partial charge in [0, 0.05) is 20.1 Å². The Morgan fingerprint density at radius 1 is 1.05 bits per heavy atom. The molecule has 1 saturated heterocycles. The first-order valence-electron chi connectivity index (χ1n) is 11.1. The molecule has 0 unspecified atom stereocenters. The minimum absolute atomic E-state index is 0.0249. The van der Waals surface area contributed by atoms with E-state index in [0.29, 0.717) is 49.3 Å². The van der Waals surface area contributed by atoms with E-state index in [1.165, 1.54) is 0 Å². The molecular weight excluding hydrogens is 599 g/mol. The molecule has 0 spiro atoms. The maximum absolute atomic E-state index is 13.1. The molecule has 1 heterocycles. The summed E-state index contributed by atoms with van der Waals surface area (Å²) in [6.45, 7) is 2.47. The van der Waals surface area contributed by atoms with E-state index in [1.807, 2.05) is 6.92 Å². The molecule has 0 aliphatic carbocycles. The lowest BCUT2D eigenvalue weighted by Crippen LogP contribution is -2.27. The van der Waals surface area contributed by atoms with Crippen molar-refractivity contribution in [3.8, 4) is 17.6 Å². The molecule has 1 aliphatic rings. The first-order chi connectivity index (χ1) is 17.8. The van der Waals surface area contributed by atoms with Crippen LogP contribution in [-0.4, -0.2) is 22.7 Å². The first kappa shape index (κ1) is 27.1. The van der Waals surface area contributed by atoms with Crippen LogP contribution in [0.4, 0.5) is 4.79 Å². The maximum Gasteiger partial charge on any atom is 0.293 e. The van der Waals surface area contributed by atoms with Gasteiger partial charge in [0.2, 0.25) is 0 Å². The van der Waals surface area contributed by atoms with E-state index in [0.717, 1.165) is 22.2 Å². The van der Waals surface area contributed by atoms with Gasteiger partial charge in [0.1, 0.15) is 6.61 Å². The van der Waals surface area contributed by atoms with Gasteiger partial charge in [0.25, 0.3) is 11.1 Å². The van der Waals surface area contributed by atoms with E-state index in [-0.39, 0.29) is 18.1 Å². The molecule has 0 N–H and O–H groups in total. The number of amides is 2. The van der Waals surface area contributed by atoms with Gasteiger partial charge in [-0.15, -0.1) is 0 Å². The number of nitrogens with zero attached hydrogens (tertiary/aromatic N) is 2. The number of hydrogen-bond donors (Lipinski definition) is 0. The summed E-state index contributed by atoms with van der Waals surface area (Å²) in [7, 11) is 0. The van der Waals surface area contributed by atoms with Crippen LogP contribution in [0.15, 0.2) is 64.0 Å². The fourth-order valence-electron chi connectivity index (χ4n) is 3.55. The average molecular weight is 618 g/mol. The molecule has 0 aromatic heterocycles. The van der Waals surface area contributed by atoms with Crippen LogP contribution < -0.4 is 9.47 Å². The third kappa shape index (κ3) is 6.31. The summed E-state index contributed by atoms with van der Waals surface area (Å²) in [4.78, 5) is 27.1.